The highest BCUT2D eigenvalue weighted by atomic mass is 79.9. The highest BCUT2D eigenvalue weighted by Crippen LogP contribution is 2.54. The Morgan fingerprint density at radius 2 is 1.87 bits per heavy atom. The lowest BCUT2D eigenvalue weighted by molar-refractivity contribution is 0.469. The Labute approximate surface area is 184 Å². The highest BCUT2D eigenvalue weighted by molar-refractivity contribution is 9.10. The maximum Gasteiger partial charge on any atom is 0.317 e. The minimum absolute atomic E-state index is 0.0969. The molecule has 0 radical (unpaired) electrons. The molecule has 4 aromatic rings. The van der Waals surface area contributed by atoms with Gasteiger partial charge in [0.15, 0.2) is 5.65 Å². The van der Waals surface area contributed by atoms with Crippen LogP contribution in [0.25, 0.3) is 5.65 Å². The number of halogens is 2. The number of aromatic amines is 1. The van der Waals surface area contributed by atoms with E-state index in [1.165, 1.54) is 10.7 Å². The van der Waals surface area contributed by atoms with Gasteiger partial charge >= 0.3 is 5.56 Å². The molecule has 0 aliphatic heterocycles. The van der Waals surface area contributed by atoms with Gasteiger partial charge in [-0.1, -0.05) is 39.7 Å². The number of ether oxygens (including phenoxy) is 1. The average molecular weight is 482 g/mol. The quantitative estimate of drug-likeness (QED) is 0.435. The molecule has 8 heteroatoms. The second-order valence-electron chi connectivity index (χ2n) is 7.20. The Bertz CT molecular complexity index is 1360. The zero-order valence-corrected chi connectivity index (χ0v) is 17.9. The van der Waals surface area contributed by atoms with Gasteiger partial charge < -0.3 is 9.72 Å². The van der Waals surface area contributed by atoms with Crippen LogP contribution in [0.15, 0.2) is 64.0 Å². The Morgan fingerprint density at radius 1 is 1.17 bits per heavy atom. The number of benzene rings is 2. The number of hydrogen-bond donors (Lipinski definition) is 1. The van der Waals surface area contributed by atoms with E-state index in [0.29, 0.717) is 27.7 Å². The van der Waals surface area contributed by atoms with E-state index >= 15 is 0 Å². The normalized spacial score (nSPS) is 14.4. The molecule has 0 bridgehead atoms. The van der Waals surface area contributed by atoms with E-state index in [0.717, 1.165) is 22.9 Å². The third-order valence-electron chi connectivity index (χ3n) is 5.38. The van der Waals surface area contributed by atoms with Crippen molar-refractivity contribution in [1.29, 1.82) is 5.26 Å². The monoisotopic (exact) mass is 480 g/mol. The Kier molecular flexibility index (Phi) is 4.42. The van der Waals surface area contributed by atoms with Gasteiger partial charge in [0.2, 0.25) is 5.75 Å². The molecule has 1 N–H and O–H groups in total. The van der Waals surface area contributed by atoms with Crippen molar-refractivity contribution in [3.63, 3.8) is 0 Å². The van der Waals surface area contributed by atoms with Crippen LogP contribution in [0.1, 0.15) is 29.7 Å². The summed E-state index contributed by atoms with van der Waals surface area (Å²) in [6, 6.07) is 16.9. The van der Waals surface area contributed by atoms with Gasteiger partial charge in [-0.3, -0.25) is 4.79 Å². The molecule has 6 nitrogen and oxygen atoms in total. The van der Waals surface area contributed by atoms with Gasteiger partial charge in [-0.05, 0) is 54.8 Å². The summed E-state index contributed by atoms with van der Waals surface area (Å²) >= 11 is 9.40. The zero-order valence-electron chi connectivity index (χ0n) is 15.5. The molecule has 1 saturated carbocycles. The van der Waals surface area contributed by atoms with E-state index in [1.54, 1.807) is 12.1 Å². The molecule has 1 fully saturated rings. The number of H-pyrrole nitrogens is 1. The molecule has 1 aliphatic rings. The fraction of sp³-hybridized carbons (Fsp3) is 0.136. The molecule has 1 aliphatic carbocycles. The summed E-state index contributed by atoms with van der Waals surface area (Å²) in [5.41, 5.74) is 1.55. The summed E-state index contributed by atoms with van der Waals surface area (Å²) in [5, 5.41) is 15.0. The fourth-order valence-corrected chi connectivity index (χ4v) is 4.09. The van der Waals surface area contributed by atoms with Crippen LogP contribution in [0.5, 0.6) is 11.5 Å². The summed E-state index contributed by atoms with van der Waals surface area (Å²) in [7, 11) is 0. The molecule has 0 unspecified atom stereocenters. The molecular formula is C22H14BrClN4O2. The number of aromatic nitrogens is 3. The first-order valence-corrected chi connectivity index (χ1v) is 10.4. The molecule has 2 aromatic heterocycles. The van der Waals surface area contributed by atoms with Gasteiger partial charge in [-0.25, -0.2) is 0 Å². The van der Waals surface area contributed by atoms with Gasteiger partial charge in [-0.15, -0.1) is 0 Å². The highest BCUT2D eigenvalue weighted by Gasteiger charge is 2.50. The second-order valence-corrected chi connectivity index (χ2v) is 8.55. The molecule has 0 amide bonds. The summed E-state index contributed by atoms with van der Waals surface area (Å²) in [5.74, 6) is 0.621. The standard InChI is InChI=1S/C22H14BrClN4O2/c23-14-3-7-16(8-4-14)30-18-12-26-20-17(11-25)19(27-28(20)21(18)29)22(9-10-22)13-1-5-15(24)6-2-13/h1-8,12,26H,9-10H2. The summed E-state index contributed by atoms with van der Waals surface area (Å²) in [4.78, 5) is 16.0. The van der Waals surface area contributed by atoms with Gasteiger partial charge in [0.05, 0.1) is 11.9 Å². The fourth-order valence-electron chi connectivity index (χ4n) is 3.70. The minimum Gasteiger partial charge on any atom is -0.450 e. The van der Waals surface area contributed by atoms with Gasteiger partial charge in [-0.2, -0.15) is 14.9 Å². The number of rotatable bonds is 4. The van der Waals surface area contributed by atoms with Crippen molar-refractivity contribution < 1.29 is 4.74 Å². The van der Waals surface area contributed by atoms with Crippen molar-refractivity contribution in [3.8, 4) is 17.6 Å². The molecule has 0 saturated heterocycles. The van der Waals surface area contributed by atoms with Crippen LogP contribution in [-0.4, -0.2) is 14.6 Å². The first-order chi connectivity index (χ1) is 14.5. The Balaban J connectivity index is 1.62. The minimum atomic E-state index is -0.429. The molecular weight excluding hydrogens is 468 g/mol. The third-order valence-corrected chi connectivity index (χ3v) is 6.16. The van der Waals surface area contributed by atoms with Crippen LogP contribution < -0.4 is 10.3 Å². The van der Waals surface area contributed by atoms with Crippen molar-refractivity contribution in [2.24, 2.45) is 0 Å². The summed E-state index contributed by atoms with van der Waals surface area (Å²) < 4.78 is 7.86. The molecule has 5 rings (SSSR count). The maximum absolute atomic E-state index is 13.0. The topological polar surface area (TPSA) is 83.2 Å². The van der Waals surface area contributed by atoms with E-state index in [2.05, 4.69) is 32.1 Å². The SMILES string of the molecule is N#Cc1c(C2(c3ccc(Cl)cc3)CC2)nn2c(=O)c(Oc3ccc(Br)cc3)c[nH]c12. The number of hydrogen-bond acceptors (Lipinski definition) is 4. The Hall–Kier alpha value is -3.08. The van der Waals surface area contributed by atoms with Crippen molar-refractivity contribution in [2.75, 3.05) is 0 Å². The molecule has 30 heavy (non-hydrogen) atoms. The summed E-state index contributed by atoms with van der Waals surface area (Å²) in [6.07, 6.45) is 3.17. The molecule has 148 valence electrons. The molecule has 2 heterocycles. The van der Waals surface area contributed by atoms with Crippen LogP contribution in [0, 0.1) is 11.3 Å². The largest absolute Gasteiger partial charge is 0.450 e. The van der Waals surface area contributed by atoms with E-state index in [9.17, 15) is 10.1 Å². The van der Waals surface area contributed by atoms with Crippen LogP contribution in [0.3, 0.4) is 0 Å². The van der Waals surface area contributed by atoms with Crippen molar-refractivity contribution in [1.82, 2.24) is 14.6 Å². The van der Waals surface area contributed by atoms with Crippen LogP contribution in [-0.2, 0) is 5.41 Å². The summed E-state index contributed by atoms with van der Waals surface area (Å²) in [6.45, 7) is 0. The Morgan fingerprint density at radius 3 is 2.50 bits per heavy atom. The first kappa shape index (κ1) is 18.9. The van der Waals surface area contributed by atoms with Gasteiger partial charge in [0.1, 0.15) is 17.4 Å². The van der Waals surface area contributed by atoms with Crippen molar-refractivity contribution in [2.45, 2.75) is 18.3 Å². The number of nitrogens with zero attached hydrogens (tertiary/aromatic N) is 3. The number of nitrogens with one attached hydrogen (secondary N) is 1. The smallest absolute Gasteiger partial charge is 0.317 e. The predicted molar refractivity (Wildman–Crippen MR) is 116 cm³/mol. The van der Waals surface area contributed by atoms with E-state index < -0.39 is 5.56 Å². The lowest BCUT2D eigenvalue weighted by atomic mass is 9.90. The lowest BCUT2D eigenvalue weighted by Crippen LogP contribution is -2.17. The van der Waals surface area contributed by atoms with Crippen LogP contribution in [0.4, 0.5) is 0 Å². The maximum atomic E-state index is 13.0. The average Bonchev–Trinajstić information content (AvgIpc) is 3.46. The second kappa shape index (κ2) is 7.01. The zero-order chi connectivity index (χ0) is 20.9. The van der Waals surface area contributed by atoms with Crippen LogP contribution in [0.2, 0.25) is 5.02 Å². The lowest BCUT2D eigenvalue weighted by Gasteiger charge is -2.13. The molecule has 0 spiro atoms. The predicted octanol–water partition coefficient (Wildman–Crippen LogP) is 5.18. The van der Waals surface area contributed by atoms with Gasteiger partial charge in [0.25, 0.3) is 0 Å². The first-order valence-electron chi connectivity index (χ1n) is 9.26. The molecule has 0 atom stereocenters. The number of nitriles is 1. The number of fused-ring (bicyclic) bond motifs is 1. The van der Waals surface area contributed by atoms with Crippen molar-refractivity contribution in [3.05, 3.63) is 91.4 Å². The van der Waals surface area contributed by atoms with Crippen LogP contribution >= 0.6 is 27.5 Å². The van der Waals surface area contributed by atoms with E-state index in [-0.39, 0.29) is 11.2 Å². The van der Waals surface area contributed by atoms with E-state index in [4.69, 9.17) is 16.3 Å². The van der Waals surface area contributed by atoms with E-state index in [1.807, 2.05) is 36.4 Å². The molecule has 2 aromatic carbocycles. The van der Waals surface area contributed by atoms with Gasteiger partial charge in [0, 0.05) is 14.9 Å². The third kappa shape index (κ3) is 3.00. The van der Waals surface area contributed by atoms with Crippen molar-refractivity contribution >= 4 is 33.2 Å².